The molecule has 0 atom stereocenters. The average molecular weight is 383 g/mol. The lowest BCUT2D eigenvalue weighted by atomic mass is 10.2. The second kappa shape index (κ2) is 17.9. The van der Waals surface area contributed by atoms with E-state index in [0.717, 1.165) is 23.7 Å². The van der Waals surface area contributed by atoms with Gasteiger partial charge >= 0.3 is 5.97 Å². The number of nitrogens with one attached hydrogen (secondary N) is 3. The van der Waals surface area contributed by atoms with Gasteiger partial charge in [0.15, 0.2) is 5.92 Å². The first-order chi connectivity index (χ1) is 13.0. The maximum atomic E-state index is 10.5. The molecule has 0 fully saturated rings. The molecule has 0 bridgehead atoms. The van der Waals surface area contributed by atoms with E-state index in [1.54, 1.807) is 14.0 Å². The Kier molecular flexibility index (Phi) is 17.4. The minimum absolute atomic E-state index is 0.178. The number of esters is 1. The number of rotatable bonds is 9. The summed E-state index contributed by atoms with van der Waals surface area (Å²) in [7, 11) is 5.32. The van der Waals surface area contributed by atoms with Gasteiger partial charge in [-0.2, -0.15) is 0 Å². The maximum Gasteiger partial charge on any atom is 0.323 e. The first-order valence-corrected chi connectivity index (χ1v) is 8.25. The van der Waals surface area contributed by atoms with Crippen LogP contribution in [0.25, 0.3) is 0 Å². The SMILES string of the molecule is CCOC.CCOC(=O)C(C=O)C=O.CNc1ccc(NC)c(NC=O)c1. The van der Waals surface area contributed by atoms with Crippen molar-refractivity contribution in [1.29, 1.82) is 0 Å². The van der Waals surface area contributed by atoms with Gasteiger partial charge in [-0.15, -0.1) is 0 Å². The van der Waals surface area contributed by atoms with Crippen LogP contribution in [-0.2, 0) is 28.7 Å². The fourth-order valence-electron chi connectivity index (χ4n) is 1.48. The lowest BCUT2D eigenvalue weighted by molar-refractivity contribution is -0.150. The van der Waals surface area contributed by atoms with E-state index in [9.17, 15) is 19.2 Å². The standard InChI is InChI=1S/C9H13N3O.C6H8O4.C3H8O/c1-10-7-3-4-8(11-2)9(5-7)12-6-13;1-2-10-6(9)5(3-7)4-8;1-3-4-2/h3-6,10-11H,1-2H3,(H,12,13);3-5H,2H2,1H3;3H2,1-2H3. The van der Waals surface area contributed by atoms with Crippen LogP contribution in [0.3, 0.4) is 0 Å². The van der Waals surface area contributed by atoms with Crippen molar-refractivity contribution in [3.8, 4) is 0 Å². The molecule has 9 heteroatoms. The van der Waals surface area contributed by atoms with E-state index in [1.165, 1.54) is 0 Å². The summed E-state index contributed by atoms with van der Waals surface area (Å²) >= 11 is 0. The molecule has 0 saturated heterocycles. The Bertz CT molecular complexity index is 556. The van der Waals surface area contributed by atoms with E-state index >= 15 is 0 Å². The van der Waals surface area contributed by atoms with Crippen molar-refractivity contribution in [3.05, 3.63) is 18.2 Å². The molecule has 1 amide bonds. The van der Waals surface area contributed by atoms with Crippen LogP contribution in [0.5, 0.6) is 0 Å². The van der Waals surface area contributed by atoms with Crippen molar-refractivity contribution in [2.75, 3.05) is 50.4 Å². The van der Waals surface area contributed by atoms with E-state index < -0.39 is 11.9 Å². The van der Waals surface area contributed by atoms with Crippen molar-refractivity contribution in [2.24, 2.45) is 5.92 Å². The van der Waals surface area contributed by atoms with Gasteiger partial charge in [-0.1, -0.05) is 0 Å². The van der Waals surface area contributed by atoms with Crippen LogP contribution in [0.1, 0.15) is 13.8 Å². The summed E-state index contributed by atoms with van der Waals surface area (Å²) in [6.45, 7) is 4.56. The second-order valence-corrected chi connectivity index (χ2v) is 4.65. The van der Waals surface area contributed by atoms with Gasteiger partial charge in [-0.25, -0.2) is 0 Å². The molecule has 0 heterocycles. The Morgan fingerprint density at radius 3 is 2.00 bits per heavy atom. The number of carbonyl (C=O) groups is 4. The van der Waals surface area contributed by atoms with Gasteiger partial charge in [0.05, 0.1) is 18.0 Å². The van der Waals surface area contributed by atoms with E-state index in [2.05, 4.69) is 25.4 Å². The van der Waals surface area contributed by atoms with Gasteiger partial charge in [-0.05, 0) is 32.0 Å². The van der Waals surface area contributed by atoms with E-state index in [0.29, 0.717) is 6.41 Å². The monoisotopic (exact) mass is 383 g/mol. The number of aldehydes is 2. The van der Waals surface area contributed by atoms with Crippen molar-refractivity contribution < 1.29 is 28.7 Å². The zero-order valence-corrected chi connectivity index (χ0v) is 16.4. The van der Waals surface area contributed by atoms with Gasteiger partial charge in [-0.3, -0.25) is 9.59 Å². The molecule has 3 N–H and O–H groups in total. The van der Waals surface area contributed by atoms with E-state index in [4.69, 9.17) is 0 Å². The van der Waals surface area contributed by atoms with Crippen LogP contribution in [0.2, 0.25) is 0 Å². The van der Waals surface area contributed by atoms with Crippen LogP contribution in [0.15, 0.2) is 18.2 Å². The number of ether oxygens (including phenoxy) is 2. The molecule has 9 nitrogen and oxygen atoms in total. The number of anilines is 3. The van der Waals surface area contributed by atoms with Gasteiger partial charge in [0.1, 0.15) is 12.6 Å². The molecular weight excluding hydrogens is 354 g/mol. The highest BCUT2D eigenvalue weighted by Gasteiger charge is 2.16. The number of hydrogen-bond acceptors (Lipinski definition) is 8. The molecule has 0 aliphatic carbocycles. The third-order valence-corrected chi connectivity index (χ3v) is 2.93. The Morgan fingerprint density at radius 2 is 1.63 bits per heavy atom. The molecule has 0 radical (unpaired) electrons. The summed E-state index contributed by atoms with van der Waals surface area (Å²) < 4.78 is 8.93. The van der Waals surface area contributed by atoms with Crippen LogP contribution >= 0.6 is 0 Å². The fraction of sp³-hybridized carbons (Fsp3) is 0.444. The number of benzene rings is 1. The van der Waals surface area contributed by atoms with E-state index in [-0.39, 0.29) is 19.2 Å². The molecule has 0 aromatic heterocycles. The first kappa shape index (κ1) is 26.3. The number of methoxy groups -OCH3 is 1. The van der Waals surface area contributed by atoms with E-state index in [1.807, 2.05) is 39.2 Å². The first-order valence-electron chi connectivity index (χ1n) is 8.25. The Hall–Kier alpha value is -2.94. The van der Waals surface area contributed by atoms with Crippen molar-refractivity contribution in [2.45, 2.75) is 13.8 Å². The summed E-state index contributed by atoms with van der Waals surface area (Å²) in [6.07, 6.45) is 1.17. The number of carbonyl (C=O) groups excluding carboxylic acids is 4. The molecule has 27 heavy (non-hydrogen) atoms. The third-order valence-electron chi connectivity index (χ3n) is 2.93. The van der Waals surface area contributed by atoms with Crippen LogP contribution < -0.4 is 16.0 Å². The highest BCUT2D eigenvalue weighted by Crippen LogP contribution is 2.24. The summed E-state index contributed by atoms with van der Waals surface area (Å²) in [5, 5.41) is 8.59. The lowest BCUT2D eigenvalue weighted by Crippen LogP contribution is -2.19. The Balaban J connectivity index is 0. The van der Waals surface area contributed by atoms with Gasteiger partial charge in [0.25, 0.3) is 0 Å². The normalized spacial score (nSPS) is 8.81. The molecule has 1 rings (SSSR count). The summed E-state index contributed by atoms with van der Waals surface area (Å²) in [4.78, 5) is 40.6. The van der Waals surface area contributed by atoms with Crippen LogP contribution in [0, 0.1) is 5.92 Å². The maximum absolute atomic E-state index is 10.5. The zero-order chi connectivity index (χ0) is 21.1. The molecule has 1 aromatic carbocycles. The van der Waals surface area contributed by atoms with Crippen LogP contribution in [0.4, 0.5) is 17.1 Å². The lowest BCUT2D eigenvalue weighted by Gasteiger charge is -2.09. The highest BCUT2D eigenvalue weighted by molar-refractivity contribution is 6.02. The van der Waals surface area contributed by atoms with Gasteiger partial charge in [0.2, 0.25) is 6.41 Å². The molecule has 152 valence electrons. The van der Waals surface area contributed by atoms with Crippen molar-refractivity contribution in [1.82, 2.24) is 0 Å². The largest absolute Gasteiger partial charge is 0.465 e. The summed E-state index contributed by atoms with van der Waals surface area (Å²) in [6, 6.07) is 5.69. The molecule has 0 aliphatic heterocycles. The molecule has 0 unspecified atom stereocenters. The number of hydrogen-bond donors (Lipinski definition) is 3. The smallest absolute Gasteiger partial charge is 0.323 e. The third kappa shape index (κ3) is 12.1. The minimum Gasteiger partial charge on any atom is -0.465 e. The topological polar surface area (TPSA) is 123 Å². The number of amides is 1. The second-order valence-electron chi connectivity index (χ2n) is 4.65. The average Bonchev–Trinajstić information content (AvgIpc) is 2.70. The Labute approximate surface area is 159 Å². The van der Waals surface area contributed by atoms with Crippen LogP contribution in [-0.4, -0.2) is 59.4 Å². The molecule has 1 aromatic rings. The minimum atomic E-state index is -1.25. The predicted molar refractivity (Wildman–Crippen MR) is 105 cm³/mol. The van der Waals surface area contributed by atoms with Crippen molar-refractivity contribution in [3.63, 3.8) is 0 Å². The molecule has 0 saturated carbocycles. The summed E-state index contributed by atoms with van der Waals surface area (Å²) in [5.41, 5.74) is 2.62. The predicted octanol–water partition coefficient (Wildman–Crippen LogP) is 1.55. The van der Waals surface area contributed by atoms with Crippen molar-refractivity contribution >= 4 is 42.0 Å². The van der Waals surface area contributed by atoms with Gasteiger partial charge in [0, 0.05) is 33.5 Å². The molecule has 0 aliphatic rings. The highest BCUT2D eigenvalue weighted by atomic mass is 16.5. The zero-order valence-electron chi connectivity index (χ0n) is 16.4. The quantitative estimate of drug-likeness (QED) is 0.333. The molecular formula is C18H29N3O6. The van der Waals surface area contributed by atoms with Gasteiger partial charge < -0.3 is 35.0 Å². The summed E-state index contributed by atoms with van der Waals surface area (Å²) in [5.74, 6) is -2.03. The fourth-order valence-corrected chi connectivity index (χ4v) is 1.48. The molecule has 0 spiro atoms. The Morgan fingerprint density at radius 1 is 1.04 bits per heavy atom.